The van der Waals surface area contributed by atoms with E-state index in [-0.39, 0.29) is 0 Å². The van der Waals surface area contributed by atoms with Crippen LogP contribution >= 0.6 is 0 Å². The van der Waals surface area contributed by atoms with Crippen molar-refractivity contribution in [1.29, 1.82) is 10.5 Å². The molecule has 0 unspecified atom stereocenters. The van der Waals surface area contributed by atoms with E-state index in [1.54, 1.807) is 12.1 Å². The molecular formula is C16H12N2O3. The average molecular weight is 280 g/mol. The van der Waals surface area contributed by atoms with E-state index in [1.807, 2.05) is 42.5 Å². The lowest BCUT2D eigenvalue weighted by molar-refractivity contribution is 0.137. The fourth-order valence-corrected chi connectivity index (χ4v) is 1.72. The van der Waals surface area contributed by atoms with E-state index in [4.69, 9.17) is 25.5 Å². The molecule has 0 atom stereocenters. The summed E-state index contributed by atoms with van der Waals surface area (Å²) in [7, 11) is 0. The van der Waals surface area contributed by atoms with Crippen molar-refractivity contribution in [2.75, 3.05) is 0 Å². The van der Waals surface area contributed by atoms with Gasteiger partial charge in [-0.3, -0.25) is 0 Å². The van der Waals surface area contributed by atoms with Crippen molar-refractivity contribution < 1.29 is 15.0 Å². The molecule has 5 nitrogen and oxygen atoms in total. The van der Waals surface area contributed by atoms with E-state index < -0.39 is 6.16 Å². The predicted molar refractivity (Wildman–Crippen MR) is 75.8 cm³/mol. The molecule has 21 heavy (non-hydrogen) atoms. The molecule has 5 heteroatoms. The van der Waals surface area contributed by atoms with Crippen molar-refractivity contribution in [3.05, 3.63) is 70.8 Å². The van der Waals surface area contributed by atoms with Crippen LogP contribution in [0.4, 0.5) is 4.79 Å². The molecule has 0 bridgehead atoms. The smallest absolute Gasteiger partial charge is 0.450 e. The zero-order chi connectivity index (χ0) is 15.7. The van der Waals surface area contributed by atoms with Crippen LogP contribution in [0.2, 0.25) is 0 Å². The van der Waals surface area contributed by atoms with E-state index in [0.29, 0.717) is 11.1 Å². The molecule has 2 rings (SSSR count). The zero-order valence-corrected chi connectivity index (χ0v) is 11.0. The summed E-state index contributed by atoms with van der Waals surface area (Å²) in [6.45, 7) is 0. The third-order valence-electron chi connectivity index (χ3n) is 2.60. The molecule has 2 aromatic carbocycles. The molecule has 0 amide bonds. The summed E-state index contributed by atoms with van der Waals surface area (Å²) in [6.07, 6.45) is -1.12. The Kier molecular flexibility index (Phi) is 5.98. The Balaban J connectivity index is 0.000000491. The molecule has 0 radical (unpaired) electrons. The lowest BCUT2D eigenvalue weighted by Gasteiger charge is -2.04. The summed E-state index contributed by atoms with van der Waals surface area (Å²) >= 11 is 0. The monoisotopic (exact) mass is 280 g/mol. The number of hydrogen-bond acceptors (Lipinski definition) is 3. The number of hydrogen-bond donors (Lipinski definition) is 2. The van der Waals surface area contributed by atoms with Crippen LogP contribution in [-0.4, -0.2) is 16.4 Å². The minimum Gasteiger partial charge on any atom is -0.450 e. The summed E-state index contributed by atoms with van der Waals surface area (Å²) in [6, 6.07) is 19.4. The highest BCUT2D eigenvalue weighted by Crippen LogP contribution is 2.15. The number of carboxylic acid groups (broad SMARTS) is 2. The molecule has 0 aliphatic carbocycles. The summed E-state index contributed by atoms with van der Waals surface area (Å²) < 4.78 is 0. The molecule has 104 valence electrons. The number of nitriles is 2. The van der Waals surface area contributed by atoms with Crippen LogP contribution in [-0.2, 0) is 6.42 Å². The molecular weight excluding hydrogens is 268 g/mol. The van der Waals surface area contributed by atoms with Gasteiger partial charge in [-0.25, -0.2) is 4.79 Å². The molecule has 2 aromatic rings. The van der Waals surface area contributed by atoms with Gasteiger partial charge < -0.3 is 10.2 Å². The number of benzene rings is 2. The Labute approximate surface area is 121 Å². The second kappa shape index (κ2) is 7.98. The van der Waals surface area contributed by atoms with Gasteiger partial charge in [-0.2, -0.15) is 10.5 Å². The van der Waals surface area contributed by atoms with Gasteiger partial charge in [0.15, 0.2) is 0 Å². The van der Waals surface area contributed by atoms with Crippen LogP contribution in [0.5, 0.6) is 0 Å². The van der Waals surface area contributed by atoms with Crippen molar-refractivity contribution in [3.8, 4) is 12.1 Å². The van der Waals surface area contributed by atoms with Gasteiger partial charge >= 0.3 is 6.16 Å². The maximum Gasteiger partial charge on any atom is 0.503 e. The highest BCUT2D eigenvalue weighted by Gasteiger charge is 2.04. The minimum absolute atomic E-state index is 0.526. The van der Waals surface area contributed by atoms with Crippen LogP contribution < -0.4 is 0 Å². The van der Waals surface area contributed by atoms with Crippen molar-refractivity contribution in [3.63, 3.8) is 0 Å². The van der Waals surface area contributed by atoms with Crippen LogP contribution in [0.15, 0.2) is 48.5 Å². The third kappa shape index (κ3) is 5.46. The summed E-state index contributed by atoms with van der Waals surface area (Å²) in [5.41, 5.74) is 3.22. The Morgan fingerprint density at radius 1 is 1.00 bits per heavy atom. The lowest BCUT2D eigenvalue weighted by atomic mass is 9.99. The average Bonchev–Trinajstić information content (AvgIpc) is 2.48. The van der Waals surface area contributed by atoms with E-state index in [0.717, 1.165) is 17.5 Å². The quantitative estimate of drug-likeness (QED) is 0.878. The molecule has 0 aliphatic rings. The molecule has 0 heterocycles. The maximum absolute atomic E-state index is 9.06. The minimum atomic E-state index is -1.83. The topological polar surface area (TPSA) is 105 Å². The second-order valence-electron chi connectivity index (χ2n) is 4.04. The Bertz CT molecular complexity index is 694. The van der Waals surface area contributed by atoms with E-state index in [1.165, 1.54) is 0 Å². The molecule has 0 spiro atoms. The number of rotatable bonds is 2. The number of carbonyl (C=O) groups is 1. The van der Waals surface area contributed by atoms with Gasteiger partial charge in [0.25, 0.3) is 0 Å². The van der Waals surface area contributed by atoms with Crippen LogP contribution in [0.1, 0.15) is 22.3 Å². The van der Waals surface area contributed by atoms with Gasteiger partial charge in [0.1, 0.15) is 0 Å². The molecule has 0 aliphatic heterocycles. The molecule has 0 fully saturated rings. The summed E-state index contributed by atoms with van der Waals surface area (Å²) in [4.78, 5) is 8.56. The predicted octanol–water partition coefficient (Wildman–Crippen LogP) is 3.24. The van der Waals surface area contributed by atoms with Crippen LogP contribution in [0.25, 0.3) is 0 Å². The molecule has 0 saturated carbocycles. The third-order valence-corrected chi connectivity index (χ3v) is 2.60. The fraction of sp³-hybridized carbons (Fsp3) is 0.0625. The van der Waals surface area contributed by atoms with Gasteiger partial charge in [0.05, 0.1) is 23.3 Å². The maximum atomic E-state index is 9.06. The van der Waals surface area contributed by atoms with Crippen molar-refractivity contribution in [2.24, 2.45) is 0 Å². The first-order chi connectivity index (χ1) is 10.1. The zero-order valence-electron chi connectivity index (χ0n) is 11.0. The first-order valence-corrected chi connectivity index (χ1v) is 5.95. The van der Waals surface area contributed by atoms with Crippen molar-refractivity contribution >= 4 is 6.16 Å². The highest BCUT2D eigenvalue weighted by molar-refractivity contribution is 5.53. The molecule has 2 N–H and O–H groups in total. The Morgan fingerprint density at radius 2 is 1.62 bits per heavy atom. The largest absolute Gasteiger partial charge is 0.503 e. The van der Waals surface area contributed by atoms with Gasteiger partial charge in [-0.1, -0.05) is 36.4 Å². The van der Waals surface area contributed by atoms with E-state index >= 15 is 0 Å². The fourth-order valence-electron chi connectivity index (χ4n) is 1.72. The molecule has 0 aromatic heterocycles. The number of nitrogens with zero attached hydrogens (tertiary/aromatic N) is 2. The van der Waals surface area contributed by atoms with Crippen LogP contribution in [0.3, 0.4) is 0 Å². The summed E-state index contributed by atoms with van der Waals surface area (Å²) in [5.74, 6) is 0. The van der Waals surface area contributed by atoms with Gasteiger partial charge in [-0.05, 0) is 29.7 Å². The van der Waals surface area contributed by atoms with Crippen molar-refractivity contribution in [2.45, 2.75) is 6.42 Å². The molecule has 0 saturated heterocycles. The highest BCUT2D eigenvalue weighted by atomic mass is 16.6. The van der Waals surface area contributed by atoms with Gasteiger partial charge in [0.2, 0.25) is 0 Å². The standard InChI is InChI=1S/C15H10N2.CH2O3/c16-10-13-6-7-14(15(9-13)11-17)8-12-4-2-1-3-5-12;2-1(3)4/h1-7,9H,8H2;(H2,2,3,4). The first kappa shape index (κ1) is 15.7. The van der Waals surface area contributed by atoms with Crippen LogP contribution in [0, 0.1) is 22.7 Å². The summed E-state index contributed by atoms with van der Waals surface area (Å²) in [5, 5.41) is 31.8. The SMILES string of the molecule is N#Cc1ccc(Cc2ccccc2)c(C#N)c1.O=C(O)O. The van der Waals surface area contributed by atoms with Gasteiger partial charge in [0, 0.05) is 0 Å². The van der Waals surface area contributed by atoms with Gasteiger partial charge in [-0.15, -0.1) is 0 Å². The van der Waals surface area contributed by atoms with E-state index in [9.17, 15) is 0 Å². The van der Waals surface area contributed by atoms with E-state index in [2.05, 4.69) is 6.07 Å². The Hall–Kier alpha value is -3.31. The second-order valence-corrected chi connectivity index (χ2v) is 4.04. The first-order valence-electron chi connectivity index (χ1n) is 5.95. The normalized spacial score (nSPS) is 8.67. The Morgan fingerprint density at radius 3 is 2.14 bits per heavy atom. The van der Waals surface area contributed by atoms with Crippen molar-refractivity contribution in [1.82, 2.24) is 0 Å². The lowest BCUT2D eigenvalue weighted by Crippen LogP contribution is -1.93.